The Balaban J connectivity index is 2.56. The summed E-state index contributed by atoms with van der Waals surface area (Å²) in [5.74, 6) is 0.969. The number of benzene rings is 1. The lowest BCUT2D eigenvalue weighted by Crippen LogP contribution is -2.20. The monoisotopic (exact) mass is 550 g/mol. The van der Waals surface area contributed by atoms with Crippen LogP contribution in [0.1, 0.15) is 77.8 Å². The molecule has 7 nitrogen and oxygen atoms in total. The minimum Gasteiger partial charge on any atom is -0.508 e. The van der Waals surface area contributed by atoms with Crippen LogP contribution in [-0.2, 0) is 36.5 Å². The summed E-state index contributed by atoms with van der Waals surface area (Å²) in [7, 11) is 1.65. The fraction of sp³-hybridized carbons (Fsp3) is 0.688. The Morgan fingerprint density at radius 1 is 0.872 bits per heavy atom. The zero-order chi connectivity index (χ0) is 28.7. The molecular weight excluding hydrogens is 496 g/mol. The van der Waals surface area contributed by atoms with Crippen molar-refractivity contribution in [2.24, 2.45) is 0 Å². The first-order chi connectivity index (χ1) is 18.9. The largest absolute Gasteiger partial charge is 0.508 e. The standard InChI is InChI=1S/C32H54O7/c1-7-8-9-13-29-24-31(33)30(15-14-27(4)12-10-11-26(2)3)32(25-29)39-28(5)38-23-22-37-21-20-36-19-18-35-17-16-34-6/h11,14,24-25,28,33H,7-10,12-13,15-23H2,1-6H3/b27-14+. The molecule has 39 heavy (non-hydrogen) atoms. The van der Waals surface area contributed by atoms with E-state index in [2.05, 4.69) is 45.9 Å². The molecule has 0 saturated carbocycles. The van der Waals surface area contributed by atoms with Crippen molar-refractivity contribution in [3.05, 3.63) is 46.6 Å². The molecule has 0 spiro atoms. The molecule has 0 aliphatic rings. The van der Waals surface area contributed by atoms with Gasteiger partial charge in [-0.25, -0.2) is 0 Å². The van der Waals surface area contributed by atoms with E-state index in [1.807, 2.05) is 13.0 Å². The van der Waals surface area contributed by atoms with Crippen molar-refractivity contribution >= 4 is 0 Å². The van der Waals surface area contributed by atoms with Crippen LogP contribution < -0.4 is 4.74 Å². The molecule has 0 heterocycles. The molecule has 0 amide bonds. The van der Waals surface area contributed by atoms with Crippen LogP contribution in [0.25, 0.3) is 0 Å². The topological polar surface area (TPSA) is 75.6 Å². The number of methoxy groups -OCH3 is 1. The molecule has 0 radical (unpaired) electrons. The number of phenolic OH excluding ortho intramolecular Hbond substituents is 1. The van der Waals surface area contributed by atoms with Crippen molar-refractivity contribution in [3.8, 4) is 11.5 Å². The highest BCUT2D eigenvalue weighted by molar-refractivity contribution is 5.48. The maximum absolute atomic E-state index is 10.9. The van der Waals surface area contributed by atoms with Gasteiger partial charge in [0.15, 0.2) is 6.29 Å². The smallest absolute Gasteiger partial charge is 0.197 e. The number of aryl methyl sites for hydroxylation is 1. The van der Waals surface area contributed by atoms with Gasteiger partial charge in [0, 0.05) is 12.7 Å². The van der Waals surface area contributed by atoms with Crippen molar-refractivity contribution in [2.75, 3.05) is 60.0 Å². The second-order valence-electron chi connectivity index (χ2n) is 10.0. The molecule has 7 heteroatoms. The van der Waals surface area contributed by atoms with Crippen molar-refractivity contribution in [1.29, 1.82) is 0 Å². The zero-order valence-electron chi connectivity index (χ0n) is 25.4. The molecule has 0 bridgehead atoms. The van der Waals surface area contributed by atoms with E-state index >= 15 is 0 Å². The van der Waals surface area contributed by atoms with Gasteiger partial charge in [-0.05, 0) is 77.5 Å². The van der Waals surface area contributed by atoms with E-state index in [0.717, 1.165) is 43.2 Å². The number of allylic oxidation sites excluding steroid dienone is 4. The average Bonchev–Trinajstić information content (AvgIpc) is 2.88. The maximum atomic E-state index is 10.9. The molecule has 0 aliphatic heterocycles. The Kier molecular flexibility index (Phi) is 20.6. The predicted octanol–water partition coefficient (Wildman–Crippen LogP) is 6.80. The van der Waals surface area contributed by atoms with Crippen LogP contribution in [0.3, 0.4) is 0 Å². The van der Waals surface area contributed by atoms with Gasteiger partial charge >= 0.3 is 0 Å². The van der Waals surface area contributed by atoms with Gasteiger partial charge in [0.2, 0.25) is 0 Å². The van der Waals surface area contributed by atoms with E-state index < -0.39 is 6.29 Å². The summed E-state index contributed by atoms with van der Waals surface area (Å²) in [5, 5.41) is 10.9. The molecule has 1 rings (SSSR count). The summed E-state index contributed by atoms with van der Waals surface area (Å²) in [6.45, 7) is 14.5. The maximum Gasteiger partial charge on any atom is 0.197 e. The van der Waals surface area contributed by atoms with Gasteiger partial charge in [0.1, 0.15) is 11.5 Å². The number of ether oxygens (including phenoxy) is 6. The van der Waals surface area contributed by atoms with Crippen molar-refractivity contribution < 1.29 is 33.5 Å². The summed E-state index contributed by atoms with van der Waals surface area (Å²) >= 11 is 0. The molecule has 0 aromatic heterocycles. The highest BCUT2D eigenvalue weighted by atomic mass is 16.7. The highest BCUT2D eigenvalue weighted by Crippen LogP contribution is 2.32. The van der Waals surface area contributed by atoms with E-state index in [1.54, 1.807) is 7.11 Å². The molecule has 1 aromatic carbocycles. The summed E-state index contributed by atoms with van der Waals surface area (Å²) < 4.78 is 33.4. The number of hydrogen-bond donors (Lipinski definition) is 1. The van der Waals surface area contributed by atoms with Gasteiger partial charge in [0.05, 0.1) is 52.9 Å². The molecule has 1 atom stereocenters. The van der Waals surface area contributed by atoms with Crippen molar-refractivity contribution in [2.45, 2.75) is 85.9 Å². The lowest BCUT2D eigenvalue weighted by Gasteiger charge is -2.20. The van der Waals surface area contributed by atoms with E-state index in [1.165, 1.54) is 17.6 Å². The minimum absolute atomic E-state index is 0.284. The van der Waals surface area contributed by atoms with Crippen LogP contribution in [-0.4, -0.2) is 71.4 Å². The molecule has 0 fully saturated rings. The van der Waals surface area contributed by atoms with Crippen molar-refractivity contribution in [3.63, 3.8) is 0 Å². The summed E-state index contributed by atoms with van der Waals surface area (Å²) in [6.07, 6.45) is 10.9. The Hall–Kier alpha value is -1.90. The molecule has 0 aliphatic carbocycles. The Labute approximate surface area is 237 Å². The Morgan fingerprint density at radius 2 is 1.51 bits per heavy atom. The number of rotatable bonds is 24. The van der Waals surface area contributed by atoms with Crippen LogP contribution in [0.2, 0.25) is 0 Å². The molecule has 1 unspecified atom stereocenters. The van der Waals surface area contributed by atoms with Crippen LogP contribution in [0.15, 0.2) is 35.4 Å². The van der Waals surface area contributed by atoms with Gasteiger partial charge in [0.25, 0.3) is 0 Å². The Morgan fingerprint density at radius 3 is 2.13 bits per heavy atom. The fourth-order valence-corrected chi connectivity index (χ4v) is 3.86. The number of aromatic hydroxyl groups is 1. The van der Waals surface area contributed by atoms with Gasteiger partial charge in [-0.15, -0.1) is 0 Å². The van der Waals surface area contributed by atoms with Crippen LogP contribution >= 0.6 is 0 Å². The number of phenols is 1. The van der Waals surface area contributed by atoms with E-state index in [9.17, 15) is 5.11 Å². The summed E-state index contributed by atoms with van der Waals surface area (Å²) in [6, 6.07) is 3.95. The van der Waals surface area contributed by atoms with Crippen LogP contribution in [0.4, 0.5) is 0 Å². The number of unbranched alkanes of at least 4 members (excludes halogenated alkanes) is 2. The van der Waals surface area contributed by atoms with E-state index in [-0.39, 0.29) is 5.75 Å². The highest BCUT2D eigenvalue weighted by Gasteiger charge is 2.14. The third-order valence-corrected chi connectivity index (χ3v) is 6.11. The molecular formula is C32H54O7. The molecule has 224 valence electrons. The quantitative estimate of drug-likeness (QED) is 0.0862. The third kappa shape index (κ3) is 18.1. The van der Waals surface area contributed by atoms with E-state index in [4.69, 9.17) is 28.4 Å². The normalized spacial score (nSPS) is 12.5. The molecule has 1 N–H and O–H groups in total. The van der Waals surface area contributed by atoms with Gasteiger partial charge in [-0.2, -0.15) is 0 Å². The first-order valence-corrected chi connectivity index (χ1v) is 14.5. The van der Waals surface area contributed by atoms with Crippen molar-refractivity contribution in [1.82, 2.24) is 0 Å². The number of hydrogen-bond acceptors (Lipinski definition) is 7. The first kappa shape index (κ1) is 35.1. The van der Waals surface area contributed by atoms with Gasteiger partial charge < -0.3 is 33.5 Å². The minimum atomic E-state index is -0.471. The average molecular weight is 551 g/mol. The van der Waals surface area contributed by atoms with Gasteiger partial charge in [-0.1, -0.05) is 43.1 Å². The zero-order valence-corrected chi connectivity index (χ0v) is 25.4. The molecule has 0 saturated heterocycles. The lowest BCUT2D eigenvalue weighted by molar-refractivity contribution is -0.0870. The predicted molar refractivity (Wildman–Crippen MR) is 158 cm³/mol. The van der Waals surface area contributed by atoms with Crippen LogP contribution in [0.5, 0.6) is 11.5 Å². The Bertz CT molecular complexity index is 815. The van der Waals surface area contributed by atoms with Crippen LogP contribution in [0, 0.1) is 0 Å². The second kappa shape index (κ2) is 22.9. The first-order valence-electron chi connectivity index (χ1n) is 14.5. The second-order valence-corrected chi connectivity index (χ2v) is 10.0. The third-order valence-electron chi connectivity index (χ3n) is 6.11. The SMILES string of the molecule is CCCCCc1cc(O)c(C/C=C(\C)CCC=C(C)C)c(OC(C)OCCOCCOCCOCCOC)c1. The lowest BCUT2D eigenvalue weighted by atomic mass is 10.00. The summed E-state index contributed by atoms with van der Waals surface area (Å²) in [4.78, 5) is 0. The van der Waals surface area contributed by atoms with E-state index in [0.29, 0.717) is 65.0 Å². The van der Waals surface area contributed by atoms with Gasteiger partial charge in [-0.3, -0.25) is 0 Å². The fourth-order valence-electron chi connectivity index (χ4n) is 3.86. The summed E-state index contributed by atoms with van der Waals surface area (Å²) in [5.41, 5.74) is 4.52. The molecule has 1 aromatic rings.